The zero-order valence-corrected chi connectivity index (χ0v) is 17.1. The highest BCUT2D eigenvalue weighted by Crippen LogP contribution is 2.27. The molecule has 10 nitrogen and oxygen atoms in total. The molecular formula is C19H28N2O8. The molecule has 0 fully saturated rings. The van der Waals surface area contributed by atoms with Gasteiger partial charge in [0.05, 0.1) is 13.2 Å². The molecule has 0 spiro atoms. The molecule has 1 unspecified atom stereocenters. The van der Waals surface area contributed by atoms with Gasteiger partial charge in [-0.15, -0.1) is 10.1 Å². The van der Waals surface area contributed by atoms with Crippen LogP contribution in [0.25, 0.3) is 0 Å². The number of amides is 1. The fourth-order valence-corrected chi connectivity index (χ4v) is 2.47. The first-order valence-electron chi connectivity index (χ1n) is 9.19. The van der Waals surface area contributed by atoms with Gasteiger partial charge >= 0.3 is 12.1 Å². The van der Waals surface area contributed by atoms with E-state index in [9.17, 15) is 19.7 Å². The smallest absolute Gasteiger partial charge is 0.408 e. The fraction of sp³-hybridized carbons (Fsp3) is 0.579. The summed E-state index contributed by atoms with van der Waals surface area (Å²) in [6.07, 6.45) is -0.513. The largest absolute Gasteiger partial charge is 0.461 e. The minimum absolute atomic E-state index is 0.0215. The summed E-state index contributed by atoms with van der Waals surface area (Å²) in [4.78, 5) is 39.4. The highest BCUT2D eigenvalue weighted by Gasteiger charge is 2.42. The summed E-state index contributed by atoms with van der Waals surface area (Å²) >= 11 is 0. The lowest BCUT2D eigenvalue weighted by atomic mass is 9.87. The van der Waals surface area contributed by atoms with Gasteiger partial charge in [0, 0.05) is 0 Å². The van der Waals surface area contributed by atoms with Crippen LogP contribution in [0.15, 0.2) is 30.3 Å². The van der Waals surface area contributed by atoms with Gasteiger partial charge in [-0.05, 0) is 32.8 Å². The van der Waals surface area contributed by atoms with Crippen molar-refractivity contribution in [1.82, 2.24) is 5.32 Å². The highest BCUT2D eigenvalue weighted by atomic mass is 17.0. The van der Waals surface area contributed by atoms with Crippen LogP contribution in [0, 0.1) is 10.1 Å². The van der Waals surface area contributed by atoms with Crippen LogP contribution < -0.4 is 5.32 Å². The van der Waals surface area contributed by atoms with Gasteiger partial charge in [0.2, 0.25) is 0 Å². The first kappa shape index (κ1) is 24.2. The molecule has 1 aromatic rings. The number of alkyl carbamates (subject to hydrolysis) is 1. The zero-order valence-electron chi connectivity index (χ0n) is 17.1. The lowest BCUT2D eigenvalue weighted by molar-refractivity contribution is -0.758. The zero-order chi connectivity index (χ0) is 21.9. The number of carbonyl (C=O) groups is 2. The van der Waals surface area contributed by atoms with Crippen LogP contribution in [-0.4, -0.2) is 49.2 Å². The van der Waals surface area contributed by atoms with Crippen molar-refractivity contribution >= 4 is 12.1 Å². The van der Waals surface area contributed by atoms with E-state index >= 15 is 0 Å². The number of ether oxygens (including phenoxy) is 3. The summed E-state index contributed by atoms with van der Waals surface area (Å²) in [6.45, 7) is 6.60. The molecule has 0 aliphatic carbocycles. The Balaban J connectivity index is 2.79. The molecule has 1 atom stereocenters. The molecule has 0 saturated carbocycles. The predicted molar refractivity (Wildman–Crippen MR) is 103 cm³/mol. The number of nitrogens with zero attached hydrogens (tertiary/aromatic N) is 1. The molecule has 1 aromatic carbocycles. The Morgan fingerprint density at radius 3 is 2.24 bits per heavy atom. The first-order valence-corrected chi connectivity index (χ1v) is 9.19. The molecule has 162 valence electrons. The Bertz CT molecular complexity index is 675. The summed E-state index contributed by atoms with van der Waals surface area (Å²) < 4.78 is 15.7. The van der Waals surface area contributed by atoms with Gasteiger partial charge in [-0.2, -0.15) is 0 Å². The van der Waals surface area contributed by atoms with E-state index < -0.39 is 28.3 Å². The third-order valence-corrected chi connectivity index (χ3v) is 3.74. The second-order valence-electron chi connectivity index (χ2n) is 7.06. The van der Waals surface area contributed by atoms with Gasteiger partial charge in [-0.1, -0.05) is 37.3 Å². The Morgan fingerprint density at radius 2 is 1.69 bits per heavy atom. The molecule has 0 heterocycles. The Kier molecular flexibility index (Phi) is 9.33. The van der Waals surface area contributed by atoms with Gasteiger partial charge in [-0.3, -0.25) is 0 Å². The van der Waals surface area contributed by atoms with Crippen molar-refractivity contribution in [2.75, 3.05) is 26.4 Å². The van der Waals surface area contributed by atoms with Crippen LogP contribution in [0.1, 0.15) is 39.7 Å². The quantitative estimate of drug-likeness (QED) is 0.254. The van der Waals surface area contributed by atoms with E-state index in [1.807, 2.05) is 0 Å². The summed E-state index contributed by atoms with van der Waals surface area (Å²) in [6, 6.07) is 8.73. The maximum Gasteiger partial charge on any atom is 0.408 e. The lowest BCUT2D eigenvalue weighted by Gasteiger charge is -2.33. The third-order valence-electron chi connectivity index (χ3n) is 3.74. The van der Waals surface area contributed by atoms with Crippen LogP contribution >= 0.6 is 0 Å². The first-order chi connectivity index (χ1) is 13.6. The second-order valence-corrected chi connectivity index (χ2v) is 7.06. The molecule has 0 bridgehead atoms. The van der Waals surface area contributed by atoms with Crippen molar-refractivity contribution in [3.8, 4) is 0 Å². The van der Waals surface area contributed by atoms with Crippen LogP contribution in [0.4, 0.5) is 4.79 Å². The second kappa shape index (κ2) is 11.2. The monoisotopic (exact) mass is 412 g/mol. The molecule has 10 heteroatoms. The number of hydrogen-bond donors (Lipinski definition) is 1. The van der Waals surface area contributed by atoms with Crippen LogP contribution in [0.2, 0.25) is 0 Å². The van der Waals surface area contributed by atoms with Crippen molar-refractivity contribution in [2.24, 2.45) is 0 Å². The van der Waals surface area contributed by atoms with E-state index in [2.05, 4.69) is 10.2 Å². The van der Waals surface area contributed by atoms with Crippen molar-refractivity contribution in [3.05, 3.63) is 46.0 Å². The predicted octanol–water partition coefficient (Wildman–Crippen LogP) is 2.58. The molecule has 0 aromatic heterocycles. The van der Waals surface area contributed by atoms with Crippen LogP contribution in [0.3, 0.4) is 0 Å². The number of hydrogen-bond acceptors (Lipinski definition) is 8. The standard InChI is InChI=1S/C19H28N2O8/c1-5-19(15-9-7-6-8-10-15,20-17(23)29-18(2,3)4)16(22)27-13-11-26-12-14-28-21(24)25/h6-10H,5,11-14H2,1-4H3,(H,20,23). The van der Waals surface area contributed by atoms with E-state index in [0.717, 1.165) is 0 Å². The van der Waals surface area contributed by atoms with E-state index in [-0.39, 0.29) is 32.8 Å². The lowest BCUT2D eigenvalue weighted by Crippen LogP contribution is -2.53. The topological polar surface area (TPSA) is 126 Å². The molecule has 1 amide bonds. The normalized spacial score (nSPS) is 13.1. The Labute approximate surface area is 169 Å². The molecular weight excluding hydrogens is 384 g/mol. The van der Waals surface area contributed by atoms with Gasteiger partial charge < -0.3 is 24.4 Å². The van der Waals surface area contributed by atoms with Gasteiger partial charge in [-0.25, -0.2) is 9.59 Å². The average molecular weight is 412 g/mol. The minimum Gasteiger partial charge on any atom is -0.461 e. The SMILES string of the molecule is CCC(NC(=O)OC(C)(C)C)(C(=O)OCCOCCO[N+](=O)[O-])c1ccccc1. The van der Waals surface area contributed by atoms with Gasteiger partial charge in [0.1, 0.15) is 18.8 Å². The summed E-state index contributed by atoms with van der Waals surface area (Å²) in [5.74, 6) is -0.665. The molecule has 29 heavy (non-hydrogen) atoms. The van der Waals surface area contributed by atoms with Crippen LogP contribution in [-0.2, 0) is 29.4 Å². The summed E-state index contributed by atoms with van der Waals surface area (Å²) in [5, 5.41) is 11.8. The van der Waals surface area contributed by atoms with E-state index in [4.69, 9.17) is 14.2 Å². The summed E-state index contributed by atoms with van der Waals surface area (Å²) in [5.41, 5.74) is -1.61. The molecule has 0 radical (unpaired) electrons. The molecule has 0 aliphatic rings. The Hall–Kier alpha value is -2.88. The number of carbonyl (C=O) groups excluding carboxylic acids is 2. The van der Waals surface area contributed by atoms with Crippen LogP contribution in [0.5, 0.6) is 0 Å². The fourth-order valence-electron chi connectivity index (χ4n) is 2.47. The van der Waals surface area contributed by atoms with Crippen molar-refractivity contribution < 1.29 is 33.7 Å². The van der Waals surface area contributed by atoms with Gasteiger partial charge in [0.25, 0.3) is 5.09 Å². The number of rotatable bonds is 11. The van der Waals surface area contributed by atoms with E-state index in [0.29, 0.717) is 5.56 Å². The van der Waals surface area contributed by atoms with E-state index in [1.165, 1.54) is 0 Å². The Morgan fingerprint density at radius 1 is 1.07 bits per heavy atom. The molecule has 1 N–H and O–H groups in total. The van der Waals surface area contributed by atoms with Crippen molar-refractivity contribution in [3.63, 3.8) is 0 Å². The number of esters is 1. The van der Waals surface area contributed by atoms with E-state index in [1.54, 1.807) is 58.0 Å². The maximum atomic E-state index is 12.9. The molecule has 0 saturated heterocycles. The van der Waals surface area contributed by atoms with Crippen molar-refractivity contribution in [2.45, 2.75) is 45.3 Å². The number of nitrogens with one attached hydrogen (secondary N) is 1. The molecule has 0 aliphatic heterocycles. The molecule has 1 rings (SSSR count). The van der Waals surface area contributed by atoms with Gasteiger partial charge in [0.15, 0.2) is 5.54 Å². The average Bonchev–Trinajstić information content (AvgIpc) is 2.64. The third kappa shape index (κ3) is 8.34. The van der Waals surface area contributed by atoms with Crippen molar-refractivity contribution in [1.29, 1.82) is 0 Å². The number of benzene rings is 1. The maximum absolute atomic E-state index is 12.9. The highest BCUT2D eigenvalue weighted by molar-refractivity contribution is 5.87. The minimum atomic E-state index is -1.43. The summed E-state index contributed by atoms with van der Waals surface area (Å²) in [7, 11) is 0.